The average Bonchev–Trinajstić information content (AvgIpc) is 2.93. The normalized spacial score (nSPS) is 21.2. The highest BCUT2D eigenvalue weighted by atomic mass is 35.5. The van der Waals surface area contributed by atoms with Gasteiger partial charge in [0.05, 0.1) is 13.2 Å². The molecular formula is C19H24ClNO5. The number of nitrogens with one attached hydrogen (secondary N) is 1. The first kappa shape index (κ1) is 20.2. The minimum Gasteiger partial charge on any atom is -0.468 e. The number of methoxy groups -OCH3 is 1. The first-order valence-corrected chi connectivity index (χ1v) is 8.84. The summed E-state index contributed by atoms with van der Waals surface area (Å²) in [6, 6.07) is 5.74. The predicted molar refractivity (Wildman–Crippen MR) is 96.9 cm³/mol. The Balaban J connectivity index is 2.48. The van der Waals surface area contributed by atoms with Gasteiger partial charge in [-0.1, -0.05) is 23.7 Å². The highest BCUT2D eigenvalue weighted by Crippen LogP contribution is 2.46. The summed E-state index contributed by atoms with van der Waals surface area (Å²) in [4.78, 5) is 37.8. The minimum atomic E-state index is -1.47. The van der Waals surface area contributed by atoms with Gasteiger partial charge in [-0.25, -0.2) is 4.79 Å². The monoisotopic (exact) mass is 381 g/mol. The van der Waals surface area contributed by atoms with Crippen molar-refractivity contribution in [1.82, 2.24) is 5.32 Å². The van der Waals surface area contributed by atoms with Gasteiger partial charge in [0.1, 0.15) is 5.60 Å². The summed E-state index contributed by atoms with van der Waals surface area (Å²) in [5.74, 6) is -0.906. The van der Waals surface area contributed by atoms with Crippen LogP contribution in [0.4, 0.5) is 4.79 Å². The van der Waals surface area contributed by atoms with Crippen LogP contribution in [0.5, 0.6) is 0 Å². The van der Waals surface area contributed by atoms with Crippen LogP contribution in [-0.4, -0.2) is 30.6 Å². The van der Waals surface area contributed by atoms with Gasteiger partial charge in [-0.15, -0.1) is 0 Å². The summed E-state index contributed by atoms with van der Waals surface area (Å²) in [5.41, 5.74) is -1.60. The van der Waals surface area contributed by atoms with Gasteiger partial charge in [0.2, 0.25) is 0 Å². The Bertz CT molecular complexity index is 695. The zero-order valence-corrected chi connectivity index (χ0v) is 16.2. The van der Waals surface area contributed by atoms with Crippen LogP contribution < -0.4 is 5.32 Å². The van der Waals surface area contributed by atoms with Gasteiger partial charge in [-0.2, -0.15) is 0 Å². The lowest BCUT2D eigenvalue weighted by molar-refractivity contribution is -0.158. The van der Waals surface area contributed by atoms with Crippen LogP contribution >= 0.6 is 11.6 Å². The van der Waals surface area contributed by atoms with Crippen LogP contribution in [0.15, 0.2) is 24.3 Å². The Kier molecular flexibility index (Phi) is 5.96. The Hall–Kier alpha value is -2.08. The van der Waals surface area contributed by atoms with Crippen molar-refractivity contribution in [2.75, 3.05) is 7.11 Å². The van der Waals surface area contributed by atoms with Gasteiger partial charge < -0.3 is 14.8 Å². The van der Waals surface area contributed by atoms with E-state index in [1.807, 2.05) is 0 Å². The molecule has 1 amide bonds. The van der Waals surface area contributed by atoms with Crippen molar-refractivity contribution in [1.29, 1.82) is 0 Å². The number of ether oxygens (including phenoxy) is 2. The number of hydrogen-bond acceptors (Lipinski definition) is 5. The molecule has 0 radical (unpaired) electrons. The molecule has 1 aliphatic carbocycles. The van der Waals surface area contributed by atoms with Crippen LogP contribution in [0.2, 0.25) is 5.02 Å². The van der Waals surface area contributed by atoms with Gasteiger partial charge in [-0.3, -0.25) is 9.59 Å². The maximum atomic E-state index is 12.7. The topological polar surface area (TPSA) is 81.7 Å². The highest BCUT2D eigenvalue weighted by Gasteiger charge is 2.56. The fourth-order valence-corrected chi connectivity index (χ4v) is 3.41. The van der Waals surface area contributed by atoms with Gasteiger partial charge in [-0.05, 0) is 51.3 Å². The van der Waals surface area contributed by atoms with Crippen LogP contribution in [0.1, 0.15) is 51.6 Å². The Morgan fingerprint density at radius 2 is 1.85 bits per heavy atom. The van der Waals surface area contributed by atoms with E-state index >= 15 is 0 Å². The van der Waals surface area contributed by atoms with Gasteiger partial charge >= 0.3 is 12.1 Å². The molecule has 0 heterocycles. The van der Waals surface area contributed by atoms with E-state index in [1.165, 1.54) is 7.11 Å². The van der Waals surface area contributed by atoms with Crippen LogP contribution in [0.25, 0.3) is 0 Å². The SMILES string of the molecule is COC(=O)[C@@]1([C@@H](NC(=O)OC(C)(C)C)c2ccc(Cl)cc2)CCCC1=O. The van der Waals surface area contributed by atoms with Crippen molar-refractivity contribution in [2.45, 2.75) is 51.7 Å². The number of Topliss-reactive ketones (excluding diaryl/α,β-unsaturated/α-hetero) is 1. The fraction of sp³-hybridized carbons (Fsp3) is 0.526. The molecule has 0 saturated heterocycles. The molecule has 1 fully saturated rings. The van der Waals surface area contributed by atoms with E-state index < -0.39 is 29.1 Å². The van der Waals surface area contributed by atoms with E-state index in [1.54, 1.807) is 45.0 Å². The van der Waals surface area contributed by atoms with Gasteiger partial charge in [0, 0.05) is 11.4 Å². The van der Waals surface area contributed by atoms with E-state index in [2.05, 4.69) is 5.32 Å². The molecular weight excluding hydrogens is 358 g/mol. The molecule has 0 aromatic heterocycles. The van der Waals surface area contributed by atoms with Crippen molar-refractivity contribution in [3.63, 3.8) is 0 Å². The number of halogens is 1. The molecule has 26 heavy (non-hydrogen) atoms. The second kappa shape index (κ2) is 7.66. The Labute approximate surface area is 158 Å². The molecule has 6 nitrogen and oxygen atoms in total. The first-order valence-electron chi connectivity index (χ1n) is 8.47. The molecule has 2 rings (SSSR count). The molecule has 1 N–H and O–H groups in total. The molecule has 2 atom stereocenters. The maximum absolute atomic E-state index is 12.7. The number of carbonyl (C=O) groups is 3. The van der Waals surface area contributed by atoms with E-state index in [9.17, 15) is 14.4 Å². The molecule has 0 aliphatic heterocycles. The van der Waals surface area contributed by atoms with E-state index in [0.717, 1.165) is 0 Å². The fourth-order valence-electron chi connectivity index (χ4n) is 3.28. The second-order valence-corrected chi connectivity index (χ2v) is 7.81. The van der Waals surface area contributed by atoms with Crippen LogP contribution in [0, 0.1) is 5.41 Å². The van der Waals surface area contributed by atoms with E-state index in [4.69, 9.17) is 21.1 Å². The van der Waals surface area contributed by atoms with Crippen molar-refractivity contribution in [3.05, 3.63) is 34.9 Å². The van der Waals surface area contributed by atoms with Gasteiger partial charge in [0.15, 0.2) is 11.2 Å². The molecule has 0 bridgehead atoms. The third kappa shape index (κ3) is 4.18. The van der Waals surface area contributed by atoms with Crippen molar-refractivity contribution in [3.8, 4) is 0 Å². The van der Waals surface area contributed by atoms with Crippen LogP contribution in [-0.2, 0) is 19.1 Å². The number of carbonyl (C=O) groups excluding carboxylic acids is 3. The molecule has 0 spiro atoms. The third-order valence-electron chi connectivity index (χ3n) is 4.38. The molecule has 142 valence electrons. The largest absolute Gasteiger partial charge is 0.468 e. The number of benzene rings is 1. The Morgan fingerprint density at radius 1 is 1.23 bits per heavy atom. The van der Waals surface area contributed by atoms with E-state index in [-0.39, 0.29) is 12.2 Å². The van der Waals surface area contributed by atoms with Crippen molar-refractivity contribution in [2.24, 2.45) is 5.41 Å². The summed E-state index contributed by atoms with van der Waals surface area (Å²) in [5, 5.41) is 3.22. The van der Waals surface area contributed by atoms with Crippen molar-refractivity contribution < 1.29 is 23.9 Å². The lowest BCUT2D eigenvalue weighted by Crippen LogP contribution is -2.50. The number of amides is 1. The lowest BCUT2D eigenvalue weighted by Gasteiger charge is -2.35. The lowest BCUT2D eigenvalue weighted by atomic mass is 9.74. The summed E-state index contributed by atoms with van der Waals surface area (Å²) in [6.45, 7) is 5.21. The summed E-state index contributed by atoms with van der Waals surface area (Å²) in [6.07, 6.45) is 0.394. The summed E-state index contributed by atoms with van der Waals surface area (Å²) in [7, 11) is 1.24. The Morgan fingerprint density at radius 3 is 2.31 bits per heavy atom. The average molecular weight is 382 g/mol. The number of esters is 1. The first-order chi connectivity index (χ1) is 12.1. The number of ketones is 1. The van der Waals surface area contributed by atoms with E-state index in [0.29, 0.717) is 23.4 Å². The van der Waals surface area contributed by atoms with Crippen molar-refractivity contribution >= 4 is 29.4 Å². The van der Waals surface area contributed by atoms with Crippen LogP contribution in [0.3, 0.4) is 0 Å². The van der Waals surface area contributed by atoms with Gasteiger partial charge in [0.25, 0.3) is 0 Å². The molecule has 0 unspecified atom stereocenters. The third-order valence-corrected chi connectivity index (χ3v) is 4.63. The predicted octanol–water partition coefficient (Wildman–Crippen LogP) is 3.82. The molecule has 7 heteroatoms. The molecule has 1 aromatic rings. The number of hydrogen-bond donors (Lipinski definition) is 1. The zero-order chi connectivity index (χ0) is 19.5. The standard InChI is InChI=1S/C19H24ClNO5/c1-18(2,3)26-17(24)21-15(12-7-9-13(20)10-8-12)19(16(23)25-4)11-5-6-14(19)22/h7-10,15H,5-6,11H2,1-4H3,(H,21,24)/t15-,19-/m0/s1. The highest BCUT2D eigenvalue weighted by molar-refractivity contribution is 6.30. The number of rotatable bonds is 4. The molecule has 1 saturated carbocycles. The molecule has 1 aromatic carbocycles. The summed E-state index contributed by atoms with van der Waals surface area (Å²) < 4.78 is 10.3. The smallest absolute Gasteiger partial charge is 0.408 e. The zero-order valence-electron chi connectivity index (χ0n) is 15.4. The summed E-state index contributed by atoms with van der Waals surface area (Å²) >= 11 is 5.95. The quantitative estimate of drug-likeness (QED) is 0.633. The minimum absolute atomic E-state index is 0.250. The molecule has 1 aliphatic rings. The second-order valence-electron chi connectivity index (χ2n) is 7.37. The maximum Gasteiger partial charge on any atom is 0.408 e. The number of alkyl carbamates (subject to hydrolysis) is 1.